The number of aryl methyl sites for hydroxylation is 1. The van der Waals surface area contributed by atoms with Crippen molar-refractivity contribution < 1.29 is 9.21 Å². The van der Waals surface area contributed by atoms with Gasteiger partial charge in [-0.05, 0) is 12.8 Å². The molecule has 1 fully saturated rings. The second-order valence-corrected chi connectivity index (χ2v) is 4.39. The van der Waals surface area contributed by atoms with Crippen LogP contribution in [-0.4, -0.2) is 24.0 Å². The molecule has 2 rings (SSSR count). The van der Waals surface area contributed by atoms with Crippen molar-refractivity contribution in [1.29, 1.82) is 5.26 Å². The first-order valence-electron chi connectivity index (χ1n) is 6.09. The third-order valence-electron chi connectivity index (χ3n) is 3.25. The predicted molar refractivity (Wildman–Crippen MR) is 64.7 cm³/mol. The van der Waals surface area contributed by atoms with Crippen LogP contribution in [0.3, 0.4) is 0 Å². The number of hydrogen-bond donors (Lipinski definition) is 1. The summed E-state index contributed by atoms with van der Waals surface area (Å²) in [6, 6.07) is 2.04. The highest BCUT2D eigenvalue weighted by molar-refractivity contribution is 5.77. The number of piperidine rings is 1. The first-order chi connectivity index (χ1) is 8.65. The van der Waals surface area contributed by atoms with Crippen molar-refractivity contribution in [2.24, 2.45) is 11.7 Å². The summed E-state index contributed by atoms with van der Waals surface area (Å²) in [5.41, 5.74) is 5.61. The molecule has 1 aromatic heterocycles. The molecule has 96 valence electrons. The van der Waals surface area contributed by atoms with Crippen LogP contribution >= 0.6 is 0 Å². The molecular formula is C12H16N4O2. The lowest BCUT2D eigenvalue weighted by atomic mass is 9.96. The third-order valence-corrected chi connectivity index (χ3v) is 3.25. The smallest absolute Gasteiger partial charge is 0.234 e. The Bertz CT molecular complexity index is 481. The number of nitriles is 1. The molecule has 0 radical (unpaired) electrons. The van der Waals surface area contributed by atoms with Crippen LogP contribution in [-0.2, 0) is 11.2 Å². The van der Waals surface area contributed by atoms with Crippen molar-refractivity contribution in [2.75, 3.05) is 18.0 Å². The number of nitrogens with two attached hydrogens (primary N) is 1. The Morgan fingerprint density at radius 3 is 2.78 bits per heavy atom. The normalized spacial score (nSPS) is 16.6. The van der Waals surface area contributed by atoms with Gasteiger partial charge in [-0.1, -0.05) is 6.92 Å². The molecule has 1 aromatic rings. The van der Waals surface area contributed by atoms with Crippen LogP contribution in [0, 0.1) is 17.2 Å². The summed E-state index contributed by atoms with van der Waals surface area (Å²) in [5, 5.41) is 9.02. The SMILES string of the molecule is CCc1nc(C#N)c(N2CCC(C(N)=O)CC2)o1. The second kappa shape index (κ2) is 5.08. The average Bonchev–Trinajstić information content (AvgIpc) is 2.82. The van der Waals surface area contributed by atoms with Gasteiger partial charge in [-0.2, -0.15) is 5.26 Å². The fourth-order valence-corrected chi connectivity index (χ4v) is 2.16. The molecule has 0 unspecified atom stereocenters. The molecule has 1 aliphatic heterocycles. The molecule has 0 saturated carbocycles. The number of carbonyl (C=O) groups is 1. The van der Waals surface area contributed by atoms with E-state index in [2.05, 4.69) is 4.98 Å². The van der Waals surface area contributed by atoms with Crippen molar-refractivity contribution in [1.82, 2.24) is 4.98 Å². The molecule has 2 N–H and O–H groups in total. The van der Waals surface area contributed by atoms with Gasteiger partial charge >= 0.3 is 0 Å². The van der Waals surface area contributed by atoms with Gasteiger partial charge in [-0.25, -0.2) is 4.98 Å². The van der Waals surface area contributed by atoms with Gasteiger partial charge in [0.15, 0.2) is 5.89 Å². The molecule has 0 aromatic carbocycles. The number of anilines is 1. The quantitative estimate of drug-likeness (QED) is 0.853. The summed E-state index contributed by atoms with van der Waals surface area (Å²) in [4.78, 5) is 17.2. The predicted octanol–water partition coefficient (Wildman–Crippen LogP) is 0.810. The molecule has 0 spiro atoms. The lowest BCUT2D eigenvalue weighted by Gasteiger charge is -2.30. The maximum atomic E-state index is 11.1. The minimum atomic E-state index is -0.248. The highest BCUT2D eigenvalue weighted by Crippen LogP contribution is 2.27. The number of carbonyl (C=O) groups excluding carboxylic acids is 1. The highest BCUT2D eigenvalue weighted by Gasteiger charge is 2.27. The second-order valence-electron chi connectivity index (χ2n) is 4.39. The van der Waals surface area contributed by atoms with E-state index in [1.54, 1.807) is 0 Å². The van der Waals surface area contributed by atoms with Gasteiger partial charge in [0, 0.05) is 25.4 Å². The van der Waals surface area contributed by atoms with Crippen LogP contribution in [0.15, 0.2) is 4.42 Å². The number of amides is 1. The first-order valence-corrected chi connectivity index (χ1v) is 6.09. The largest absolute Gasteiger partial charge is 0.424 e. The molecule has 0 aliphatic carbocycles. The van der Waals surface area contributed by atoms with Gasteiger partial charge in [0.2, 0.25) is 17.5 Å². The van der Waals surface area contributed by atoms with Gasteiger partial charge in [0.1, 0.15) is 6.07 Å². The Balaban J connectivity index is 2.12. The van der Waals surface area contributed by atoms with Crippen molar-refractivity contribution in [3.63, 3.8) is 0 Å². The molecule has 1 amide bonds. The topological polar surface area (TPSA) is 96.1 Å². The fraction of sp³-hybridized carbons (Fsp3) is 0.583. The van der Waals surface area contributed by atoms with E-state index in [-0.39, 0.29) is 11.8 Å². The Morgan fingerprint density at radius 2 is 2.28 bits per heavy atom. The van der Waals surface area contributed by atoms with E-state index in [9.17, 15) is 4.79 Å². The molecule has 6 nitrogen and oxygen atoms in total. The van der Waals surface area contributed by atoms with Crippen LogP contribution in [0.1, 0.15) is 31.4 Å². The summed E-state index contributed by atoms with van der Waals surface area (Å²) in [6.07, 6.45) is 2.05. The molecule has 18 heavy (non-hydrogen) atoms. The highest BCUT2D eigenvalue weighted by atomic mass is 16.4. The summed E-state index contributed by atoms with van der Waals surface area (Å²) < 4.78 is 5.57. The number of oxazole rings is 1. The van der Waals surface area contributed by atoms with Crippen LogP contribution < -0.4 is 10.6 Å². The fourth-order valence-electron chi connectivity index (χ4n) is 2.16. The number of hydrogen-bond acceptors (Lipinski definition) is 5. The zero-order valence-corrected chi connectivity index (χ0v) is 10.3. The molecule has 1 aliphatic rings. The van der Waals surface area contributed by atoms with Crippen LogP contribution in [0.2, 0.25) is 0 Å². The lowest BCUT2D eigenvalue weighted by Crippen LogP contribution is -2.38. The van der Waals surface area contributed by atoms with E-state index >= 15 is 0 Å². The van der Waals surface area contributed by atoms with Crippen molar-refractivity contribution in [3.05, 3.63) is 11.6 Å². The van der Waals surface area contributed by atoms with Crippen molar-refractivity contribution in [3.8, 4) is 6.07 Å². The average molecular weight is 248 g/mol. The summed E-state index contributed by atoms with van der Waals surface area (Å²) in [7, 11) is 0. The number of rotatable bonds is 3. The van der Waals surface area contributed by atoms with E-state index in [1.807, 2.05) is 17.9 Å². The molecule has 0 atom stereocenters. The zero-order valence-electron chi connectivity index (χ0n) is 10.3. The van der Waals surface area contributed by atoms with Crippen molar-refractivity contribution in [2.45, 2.75) is 26.2 Å². The minimum absolute atomic E-state index is 0.0691. The van der Waals surface area contributed by atoms with E-state index < -0.39 is 0 Å². The third kappa shape index (κ3) is 2.30. The lowest BCUT2D eigenvalue weighted by molar-refractivity contribution is -0.122. The molecule has 1 saturated heterocycles. The summed E-state index contributed by atoms with van der Waals surface area (Å²) in [5.74, 6) is 0.776. The Labute approximate surface area is 105 Å². The van der Waals surface area contributed by atoms with Gasteiger partial charge in [0.25, 0.3) is 0 Å². The Hall–Kier alpha value is -2.03. The monoisotopic (exact) mass is 248 g/mol. The zero-order chi connectivity index (χ0) is 13.1. The Morgan fingerprint density at radius 1 is 1.61 bits per heavy atom. The molecule has 6 heteroatoms. The number of primary amides is 1. The maximum absolute atomic E-state index is 11.1. The maximum Gasteiger partial charge on any atom is 0.234 e. The molecular weight excluding hydrogens is 232 g/mol. The van der Waals surface area contributed by atoms with Crippen molar-refractivity contribution >= 4 is 11.8 Å². The van der Waals surface area contributed by atoms with Gasteiger partial charge in [0.05, 0.1) is 0 Å². The van der Waals surface area contributed by atoms with Crippen LogP contribution in [0.25, 0.3) is 0 Å². The number of aromatic nitrogens is 1. The van der Waals surface area contributed by atoms with Crippen LogP contribution in [0.4, 0.5) is 5.88 Å². The van der Waals surface area contributed by atoms with E-state index in [4.69, 9.17) is 15.4 Å². The Kier molecular flexibility index (Phi) is 3.51. The van der Waals surface area contributed by atoms with Gasteiger partial charge in [-0.3, -0.25) is 4.79 Å². The molecule has 2 heterocycles. The summed E-state index contributed by atoms with van der Waals surface area (Å²) in [6.45, 7) is 3.26. The number of nitrogens with zero attached hydrogens (tertiary/aromatic N) is 3. The van der Waals surface area contributed by atoms with E-state index in [1.165, 1.54) is 0 Å². The van der Waals surface area contributed by atoms with Gasteiger partial charge in [-0.15, -0.1) is 0 Å². The van der Waals surface area contributed by atoms with Gasteiger partial charge < -0.3 is 15.1 Å². The minimum Gasteiger partial charge on any atom is -0.424 e. The first kappa shape index (κ1) is 12.4. The van der Waals surface area contributed by atoms with E-state index in [0.717, 1.165) is 0 Å². The van der Waals surface area contributed by atoms with E-state index in [0.29, 0.717) is 49.8 Å². The van der Waals surface area contributed by atoms with Crippen LogP contribution in [0.5, 0.6) is 0 Å². The standard InChI is InChI=1S/C12H16N4O2/c1-2-10-15-9(7-13)12(18-10)16-5-3-8(4-6-16)11(14)17/h8H,2-6H2,1H3,(H2,14,17). The molecule has 0 bridgehead atoms. The summed E-state index contributed by atoms with van der Waals surface area (Å²) >= 11 is 0.